The molecule has 0 aromatic heterocycles. The van der Waals surface area contributed by atoms with Crippen molar-refractivity contribution in [3.05, 3.63) is 70.8 Å². The third-order valence-electron chi connectivity index (χ3n) is 4.50. The number of ether oxygens (including phenoxy) is 1. The van der Waals surface area contributed by atoms with Gasteiger partial charge in [0.25, 0.3) is 17.7 Å². The lowest BCUT2D eigenvalue weighted by Crippen LogP contribution is -2.43. The highest BCUT2D eigenvalue weighted by Gasteiger charge is 2.35. The van der Waals surface area contributed by atoms with Crippen molar-refractivity contribution in [3.63, 3.8) is 0 Å². The summed E-state index contributed by atoms with van der Waals surface area (Å²) in [6.07, 6.45) is -1.20. The fraction of sp³-hybridized carbons (Fsp3) is 0.190. The van der Waals surface area contributed by atoms with Crippen LogP contribution in [0.1, 0.15) is 43.6 Å². The van der Waals surface area contributed by atoms with Crippen LogP contribution in [0.15, 0.2) is 48.5 Å². The van der Waals surface area contributed by atoms with Crippen molar-refractivity contribution < 1.29 is 28.7 Å². The molecule has 0 fully saturated rings. The minimum atomic E-state index is -1.20. The normalized spacial score (nSPS) is 13.5. The van der Waals surface area contributed by atoms with Crippen LogP contribution in [0.3, 0.4) is 0 Å². The van der Waals surface area contributed by atoms with E-state index in [1.807, 2.05) is 5.32 Å². The summed E-state index contributed by atoms with van der Waals surface area (Å²) in [4.78, 5) is 61.5. The van der Waals surface area contributed by atoms with E-state index in [2.05, 4.69) is 5.32 Å². The van der Waals surface area contributed by atoms with Crippen LogP contribution in [0, 0.1) is 0 Å². The van der Waals surface area contributed by atoms with Crippen LogP contribution in [-0.2, 0) is 16.1 Å². The molecule has 0 bridgehead atoms. The van der Waals surface area contributed by atoms with Gasteiger partial charge in [0.15, 0.2) is 6.10 Å². The lowest BCUT2D eigenvalue weighted by atomic mass is 10.1. The zero-order valence-electron chi connectivity index (χ0n) is 16.3. The van der Waals surface area contributed by atoms with Crippen LogP contribution in [0.2, 0.25) is 0 Å². The van der Waals surface area contributed by atoms with Crippen molar-refractivity contribution in [2.45, 2.75) is 19.6 Å². The fourth-order valence-corrected chi connectivity index (χ4v) is 2.92. The summed E-state index contributed by atoms with van der Waals surface area (Å²) >= 11 is 0. The van der Waals surface area contributed by atoms with Gasteiger partial charge in [-0.05, 0) is 36.8 Å². The van der Waals surface area contributed by atoms with Gasteiger partial charge in [-0.25, -0.2) is 9.59 Å². The molecular weight excluding hydrogens is 390 g/mol. The van der Waals surface area contributed by atoms with E-state index in [9.17, 15) is 24.0 Å². The predicted molar refractivity (Wildman–Crippen MR) is 105 cm³/mol. The van der Waals surface area contributed by atoms with Crippen molar-refractivity contribution in [1.82, 2.24) is 15.5 Å². The monoisotopic (exact) mass is 409 g/mol. The zero-order valence-corrected chi connectivity index (χ0v) is 16.3. The minimum Gasteiger partial charge on any atom is -0.449 e. The number of benzene rings is 2. The molecule has 30 heavy (non-hydrogen) atoms. The number of nitrogens with zero attached hydrogens (tertiary/aromatic N) is 1. The minimum absolute atomic E-state index is 0.0137. The van der Waals surface area contributed by atoms with E-state index >= 15 is 0 Å². The summed E-state index contributed by atoms with van der Waals surface area (Å²) < 4.78 is 5.08. The summed E-state index contributed by atoms with van der Waals surface area (Å²) in [5.41, 5.74) is 1.37. The van der Waals surface area contributed by atoms with Crippen molar-refractivity contribution in [2.75, 3.05) is 7.05 Å². The van der Waals surface area contributed by atoms with E-state index in [1.54, 1.807) is 36.4 Å². The summed E-state index contributed by atoms with van der Waals surface area (Å²) in [5, 5.41) is 4.24. The van der Waals surface area contributed by atoms with Gasteiger partial charge >= 0.3 is 12.0 Å². The lowest BCUT2D eigenvalue weighted by molar-refractivity contribution is -0.127. The Hall–Kier alpha value is -4.01. The number of carbonyl (C=O) groups is 5. The van der Waals surface area contributed by atoms with Gasteiger partial charge in [-0.2, -0.15) is 0 Å². The smallest absolute Gasteiger partial charge is 0.338 e. The van der Waals surface area contributed by atoms with Crippen molar-refractivity contribution in [3.8, 4) is 0 Å². The maximum absolute atomic E-state index is 12.5. The first-order chi connectivity index (χ1) is 14.3. The van der Waals surface area contributed by atoms with Gasteiger partial charge in [0.05, 0.1) is 23.2 Å². The van der Waals surface area contributed by atoms with Crippen LogP contribution in [-0.4, -0.2) is 47.8 Å². The zero-order chi connectivity index (χ0) is 21.8. The molecule has 3 rings (SSSR count). The van der Waals surface area contributed by atoms with E-state index in [-0.39, 0.29) is 12.1 Å². The molecule has 2 N–H and O–H groups in total. The van der Waals surface area contributed by atoms with E-state index in [4.69, 9.17) is 4.74 Å². The Bertz CT molecular complexity index is 1010. The third-order valence-corrected chi connectivity index (χ3v) is 4.50. The Morgan fingerprint density at radius 3 is 2.23 bits per heavy atom. The molecule has 2 aromatic carbocycles. The van der Waals surface area contributed by atoms with Gasteiger partial charge in [-0.1, -0.05) is 24.3 Å². The number of hydrogen-bond donors (Lipinski definition) is 2. The van der Waals surface area contributed by atoms with Gasteiger partial charge in [0.2, 0.25) is 0 Å². The van der Waals surface area contributed by atoms with Crippen LogP contribution < -0.4 is 10.6 Å². The number of urea groups is 1. The number of hydrogen-bond acceptors (Lipinski definition) is 6. The molecule has 9 nitrogen and oxygen atoms in total. The van der Waals surface area contributed by atoms with Gasteiger partial charge in [-0.15, -0.1) is 0 Å². The Balaban J connectivity index is 1.69. The molecule has 1 heterocycles. The average Bonchev–Trinajstić information content (AvgIpc) is 2.98. The lowest BCUT2D eigenvalue weighted by Gasteiger charge is -2.15. The molecule has 2 aromatic rings. The number of rotatable bonds is 5. The first kappa shape index (κ1) is 20.7. The molecule has 9 heteroatoms. The van der Waals surface area contributed by atoms with Crippen LogP contribution >= 0.6 is 0 Å². The largest absolute Gasteiger partial charge is 0.449 e. The molecule has 1 aliphatic rings. The highest BCUT2D eigenvalue weighted by molar-refractivity contribution is 6.21. The predicted octanol–water partition coefficient (Wildman–Crippen LogP) is 1.48. The number of fused-ring (bicyclic) bond motifs is 1. The SMILES string of the molecule is CNC(=O)NC(=O)C(C)OC(=O)c1cccc(CN2C(=O)c3ccccc3C2=O)c1. The molecule has 0 spiro atoms. The third kappa shape index (κ3) is 4.19. The molecule has 0 aliphatic carbocycles. The molecule has 0 radical (unpaired) electrons. The molecule has 154 valence electrons. The Labute approximate surface area is 172 Å². The van der Waals surface area contributed by atoms with Gasteiger partial charge in [-0.3, -0.25) is 24.6 Å². The molecule has 0 saturated carbocycles. The summed E-state index contributed by atoms with van der Waals surface area (Å²) in [6, 6.07) is 12.1. The molecule has 1 atom stereocenters. The molecule has 5 amide bonds. The van der Waals surface area contributed by atoms with Gasteiger partial charge in [0, 0.05) is 7.05 Å². The standard InChI is InChI=1S/C21H19N3O6/c1-12(17(25)23-21(29)22-2)30-20(28)14-7-5-6-13(10-14)11-24-18(26)15-8-3-4-9-16(15)19(24)27/h3-10,12H,11H2,1-2H3,(H2,22,23,25,29). The van der Waals surface area contributed by atoms with Gasteiger partial charge in [0.1, 0.15) is 0 Å². The summed E-state index contributed by atoms with van der Waals surface area (Å²) in [5.74, 6) is -2.35. The van der Waals surface area contributed by atoms with E-state index in [0.717, 1.165) is 4.90 Å². The van der Waals surface area contributed by atoms with Crippen LogP contribution in [0.25, 0.3) is 0 Å². The number of nitrogens with one attached hydrogen (secondary N) is 2. The molecule has 1 unspecified atom stereocenters. The van der Waals surface area contributed by atoms with Crippen LogP contribution in [0.5, 0.6) is 0 Å². The molecule has 0 saturated heterocycles. The maximum atomic E-state index is 12.5. The number of carbonyl (C=O) groups excluding carboxylic acids is 5. The van der Waals surface area contributed by atoms with Crippen molar-refractivity contribution in [2.24, 2.45) is 0 Å². The van der Waals surface area contributed by atoms with E-state index < -0.39 is 35.8 Å². The second-order valence-electron chi connectivity index (χ2n) is 6.56. The quantitative estimate of drug-likeness (QED) is 0.570. The second-order valence-corrected chi connectivity index (χ2v) is 6.56. The Kier molecular flexibility index (Phi) is 5.91. The number of amides is 5. The summed E-state index contributed by atoms with van der Waals surface area (Å²) in [7, 11) is 1.35. The number of imide groups is 2. The average molecular weight is 409 g/mol. The Morgan fingerprint density at radius 2 is 1.63 bits per heavy atom. The molecular formula is C21H19N3O6. The first-order valence-corrected chi connectivity index (χ1v) is 9.09. The molecule has 1 aliphatic heterocycles. The maximum Gasteiger partial charge on any atom is 0.338 e. The highest BCUT2D eigenvalue weighted by atomic mass is 16.5. The van der Waals surface area contributed by atoms with Crippen LogP contribution in [0.4, 0.5) is 4.79 Å². The number of esters is 1. The second kappa shape index (κ2) is 8.56. The van der Waals surface area contributed by atoms with E-state index in [1.165, 1.54) is 26.1 Å². The summed E-state index contributed by atoms with van der Waals surface area (Å²) in [6.45, 7) is 1.32. The van der Waals surface area contributed by atoms with E-state index in [0.29, 0.717) is 16.7 Å². The topological polar surface area (TPSA) is 122 Å². The first-order valence-electron chi connectivity index (χ1n) is 9.09. The highest BCUT2D eigenvalue weighted by Crippen LogP contribution is 2.24. The van der Waals surface area contributed by atoms with Gasteiger partial charge < -0.3 is 10.1 Å². The van der Waals surface area contributed by atoms with Crippen molar-refractivity contribution >= 4 is 29.7 Å². The fourth-order valence-electron chi connectivity index (χ4n) is 2.92. The Morgan fingerprint density at radius 1 is 1.00 bits per heavy atom. The van der Waals surface area contributed by atoms with Crippen molar-refractivity contribution in [1.29, 1.82) is 0 Å².